The molecule has 0 aliphatic carbocycles. The van der Waals surface area contributed by atoms with E-state index in [0.29, 0.717) is 18.0 Å². The highest BCUT2D eigenvalue weighted by molar-refractivity contribution is 7.11. The van der Waals surface area contributed by atoms with Gasteiger partial charge in [-0.15, -0.1) is 11.3 Å². The molecular weight excluding hydrogens is 249 g/mol. The van der Waals surface area contributed by atoms with Crippen LogP contribution in [0.15, 0.2) is 0 Å². The van der Waals surface area contributed by atoms with E-state index in [0.717, 1.165) is 10.6 Å². The zero-order chi connectivity index (χ0) is 13.1. The molecule has 1 aromatic heterocycles. The average Bonchev–Trinajstić information content (AvgIpc) is 2.51. The fourth-order valence-electron chi connectivity index (χ4n) is 1.42. The second-order valence-electron chi connectivity index (χ2n) is 4.00. The molecule has 0 saturated heterocycles. The molecule has 0 radical (unpaired) electrons. The van der Waals surface area contributed by atoms with Crippen molar-refractivity contribution < 1.29 is 13.2 Å². The minimum absolute atomic E-state index is 0.0805. The topological polar surface area (TPSA) is 24.9 Å². The molecule has 98 valence electrons. The monoisotopic (exact) mass is 266 g/mol. The number of rotatable bonds is 5. The number of aryl methyl sites for hydroxylation is 2. The second kappa shape index (κ2) is 5.82. The quantitative estimate of drug-likeness (QED) is 0.885. The van der Waals surface area contributed by atoms with E-state index in [2.05, 4.69) is 10.3 Å². The van der Waals surface area contributed by atoms with Gasteiger partial charge in [-0.1, -0.05) is 6.92 Å². The van der Waals surface area contributed by atoms with Crippen molar-refractivity contribution >= 4 is 11.3 Å². The average molecular weight is 266 g/mol. The van der Waals surface area contributed by atoms with Crippen LogP contribution in [-0.2, 0) is 6.42 Å². The highest BCUT2D eigenvalue weighted by Gasteiger charge is 2.39. The number of alkyl halides is 3. The number of hydrogen-bond donors (Lipinski definition) is 1. The summed E-state index contributed by atoms with van der Waals surface area (Å²) in [5.74, 6) is 0. The summed E-state index contributed by atoms with van der Waals surface area (Å²) in [6, 6.07) is -1.49. The SMILES string of the molecule is CCCNC(Cc1nc(C)c(C)s1)C(F)(F)F. The lowest BCUT2D eigenvalue weighted by molar-refractivity contribution is -0.155. The van der Waals surface area contributed by atoms with Crippen LogP contribution in [0.4, 0.5) is 13.2 Å². The van der Waals surface area contributed by atoms with Crippen LogP contribution >= 0.6 is 11.3 Å². The zero-order valence-electron chi connectivity index (χ0n) is 10.2. The second-order valence-corrected chi connectivity index (χ2v) is 5.29. The number of halogens is 3. The molecule has 0 saturated carbocycles. The smallest absolute Gasteiger partial charge is 0.306 e. The molecule has 0 fully saturated rings. The first kappa shape index (κ1) is 14.4. The Morgan fingerprint density at radius 3 is 2.41 bits per heavy atom. The third kappa shape index (κ3) is 4.27. The summed E-state index contributed by atoms with van der Waals surface area (Å²) < 4.78 is 38.3. The first-order chi connectivity index (χ1) is 7.84. The van der Waals surface area contributed by atoms with Crippen molar-refractivity contribution in [3.63, 3.8) is 0 Å². The molecule has 0 aliphatic heterocycles. The molecule has 1 rings (SSSR count). The van der Waals surface area contributed by atoms with Gasteiger partial charge in [-0.2, -0.15) is 13.2 Å². The number of hydrogen-bond acceptors (Lipinski definition) is 3. The Kier molecular flexibility index (Phi) is 4.94. The van der Waals surface area contributed by atoms with Crippen LogP contribution in [0.25, 0.3) is 0 Å². The van der Waals surface area contributed by atoms with E-state index in [-0.39, 0.29) is 6.42 Å². The molecule has 1 atom stereocenters. The van der Waals surface area contributed by atoms with Gasteiger partial charge in [-0.25, -0.2) is 4.98 Å². The normalized spacial score (nSPS) is 14.0. The lowest BCUT2D eigenvalue weighted by Gasteiger charge is -2.20. The lowest BCUT2D eigenvalue weighted by atomic mass is 10.2. The third-order valence-corrected chi connectivity index (χ3v) is 3.58. The molecule has 0 amide bonds. The molecule has 6 heteroatoms. The van der Waals surface area contributed by atoms with Crippen LogP contribution in [0, 0.1) is 13.8 Å². The van der Waals surface area contributed by atoms with E-state index in [1.54, 1.807) is 0 Å². The minimum Gasteiger partial charge on any atom is -0.306 e. The van der Waals surface area contributed by atoms with Gasteiger partial charge in [0.1, 0.15) is 6.04 Å². The van der Waals surface area contributed by atoms with Crippen LogP contribution in [0.5, 0.6) is 0 Å². The Balaban J connectivity index is 2.72. The Morgan fingerprint density at radius 1 is 1.35 bits per heavy atom. The number of nitrogens with zero attached hydrogens (tertiary/aromatic N) is 1. The van der Waals surface area contributed by atoms with E-state index in [1.807, 2.05) is 20.8 Å². The summed E-state index contributed by atoms with van der Waals surface area (Å²) in [6.07, 6.45) is -3.62. The van der Waals surface area contributed by atoms with Crippen LogP contribution in [-0.4, -0.2) is 23.7 Å². The third-order valence-electron chi connectivity index (χ3n) is 2.49. The molecule has 0 bridgehead atoms. The summed E-state index contributed by atoms with van der Waals surface area (Å²) in [4.78, 5) is 5.13. The fraction of sp³-hybridized carbons (Fsp3) is 0.727. The number of aromatic nitrogens is 1. The molecule has 1 heterocycles. The van der Waals surface area contributed by atoms with Crippen LogP contribution in [0.2, 0.25) is 0 Å². The molecule has 1 N–H and O–H groups in total. The fourth-order valence-corrected chi connectivity index (χ4v) is 2.40. The van der Waals surface area contributed by atoms with Gasteiger partial charge in [0.25, 0.3) is 0 Å². The Hall–Kier alpha value is -0.620. The standard InChI is InChI=1S/C11H17F3N2S/c1-4-5-15-9(11(12,13)14)6-10-16-7(2)8(3)17-10/h9,15H,4-6H2,1-3H3. The van der Waals surface area contributed by atoms with Crippen molar-refractivity contribution in [2.24, 2.45) is 0 Å². The van der Waals surface area contributed by atoms with Gasteiger partial charge in [-0.3, -0.25) is 0 Å². The predicted molar refractivity (Wildman–Crippen MR) is 63.4 cm³/mol. The van der Waals surface area contributed by atoms with E-state index in [4.69, 9.17) is 0 Å². The van der Waals surface area contributed by atoms with E-state index in [1.165, 1.54) is 11.3 Å². The molecule has 2 nitrogen and oxygen atoms in total. The van der Waals surface area contributed by atoms with Crippen molar-refractivity contribution in [2.75, 3.05) is 6.54 Å². The van der Waals surface area contributed by atoms with Gasteiger partial charge in [0.2, 0.25) is 0 Å². The van der Waals surface area contributed by atoms with Crippen molar-refractivity contribution in [2.45, 2.75) is 45.8 Å². The highest BCUT2D eigenvalue weighted by Crippen LogP contribution is 2.25. The maximum Gasteiger partial charge on any atom is 0.404 e. The van der Waals surface area contributed by atoms with Gasteiger partial charge in [0.15, 0.2) is 0 Å². The van der Waals surface area contributed by atoms with Gasteiger partial charge in [-0.05, 0) is 26.8 Å². The highest BCUT2D eigenvalue weighted by atomic mass is 32.1. The summed E-state index contributed by atoms with van der Waals surface area (Å²) in [6.45, 7) is 5.90. The van der Waals surface area contributed by atoms with Crippen LogP contribution in [0.1, 0.15) is 28.9 Å². The Bertz CT molecular complexity index is 341. The molecular formula is C11H17F3N2S. The van der Waals surface area contributed by atoms with Crippen molar-refractivity contribution in [1.29, 1.82) is 0 Å². The molecule has 0 spiro atoms. The first-order valence-corrected chi connectivity index (χ1v) is 6.39. The molecule has 1 unspecified atom stereocenters. The lowest BCUT2D eigenvalue weighted by Crippen LogP contribution is -2.44. The molecule has 17 heavy (non-hydrogen) atoms. The summed E-state index contributed by atoms with van der Waals surface area (Å²) in [7, 11) is 0. The van der Waals surface area contributed by atoms with Crippen molar-refractivity contribution in [1.82, 2.24) is 10.3 Å². The maximum absolute atomic E-state index is 12.8. The summed E-state index contributed by atoms with van der Waals surface area (Å²) in [5.41, 5.74) is 0.821. The number of nitrogens with one attached hydrogen (secondary N) is 1. The van der Waals surface area contributed by atoms with Gasteiger partial charge in [0.05, 0.1) is 10.7 Å². The van der Waals surface area contributed by atoms with Gasteiger partial charge >= 0.3 is 6.18 Å². The van der Waals surface area contributed by atoms with E-state index in [9.17, 15) is 13.2 Å². The van der Waals surface area contributed by atoms with E-state index >= 15 is 0 Å². The molecule has 1 aromatic rings. The Morgan fingerprint density at radius 2 is 2.00 bits per heavy atom. The van der Waals surface area contributed by atoms with E-state index < -0.39 is 12.2 Å². The molecule has 0 aromatic carbocycles. The van der Waals surface area contributed by atoms with Crippen molar-refractivity contribution in [3.8, 4) is 0 Å². The maximum atomic E-state index is 12.8. The number of thiazole rings is 1. The summed E-state index contributed by atoms with van der Waals surface area (Å²) >= 11 is 1.34. The van der Waals surface area contributed by atoms with Crippen molar-refractivity contribution in [3.05, 3.63) is 15.6 Å². The summed E-state index contributed by atoms with van der Waals surface area (Å²) in [5, 5.41) is 3.08. The van der Waals surface area contributed by atoms with Gasteiger partial charge < -0.3 is 5.32 Å². The predicted octanol–water partition coefficient (Wildman–Crippen LogP) is 3.23. The molecule has 0 aliphatic rings. The largest absolute Gasteiger partial charge is 0.404 e. The Labute approximate surface area is 103 Å². The van der Waals surface area contributed by atoms with Crippen LogP contribution in [0.3, 0.4) is 0 Å². The van der Waals surface area contributed by atoms with Crippen LogP contribution < -0.4 is 5.32 Å². The minimum atomic E-state index is -4.22. The zero-order valence-corrected chi connectivity index (χ0v) is 11.0. The first-order valence-electron chi connectivity index (χ1n) is 5.57. The van der Waals surface area contributed by atoms with Gasteiger partial charge in [0, 0.05) is 11.3 Å².